The Labute approximate surface area is 118 Å². The van der Waals surface area contributed by atoms with Crippen molar-refractivity contribution in [3.8, 4) is 5.75 Å². The predicted molar refractivity (Wildman–Crippen MR) is 76.6 cm³/mol. The molecule has 0 saturated carbocycles. The lowest BCUT2D eigenvalue weighted by Crippen LogP contribution is -2.41. The molecule has 0 spiro atoms. The number of anilines is 1. The van der Waals surface area contributed by atoms with Crippen LogP contribution in [0.4, 0.5) is 5.69 Å². The van der Waals surface area contributed by atoms with Crippen LogP contribution in [0.3, 0.4) is 0 Å². The van der Waals surface area contributed by atoms with E-state index >= 15 is 0 Å². The molecule has 108 valence electrons. The third-order valence-electron chi connectivity index (χ3n) is 3.08. The van der Waals surface area contributed by atoms with Gasteiger partial charge in [-0.2, -0.15) is 0 Å². The summed E-state index contributed by atoms with van der Waals surface area (Å²) in [6.45, 7) is 5.96. The molecular weight excluding hydrogens is 256 g/mol. The number of hydrogen-bond acceptors (Lipinski definition) is 3. The third kappa shape index (κ3) is 3.29. The van der Waals surface area contributed by atoms with Crippen LogP contribution >= 0.6 is 0 Å². The third-order valence-corrected chi connectivity index (χ3v) is 3.08. The molecule has 1 aliphatic rings. The van der Waals surface area contributed by atoms with Gasteiger partial charge >= 0.3 is 0 Å². The molecule has 0 aromatic heterocycles. The van der Waals surface area contributed by atoms with E-state index in [2.05, 4.69) is 10.6 Å². The van der Waals surface area contributed by atoms with Crippen molar-refractivity contribution in [1.29, 1.82) is 0 Å². The van der Waals surface area contributed by atoms with Crippen LogP contribution < -0.4 is 15.4 Å². The number of fused-ring (bicyclic) bond motifs is 1. The molecular formula is C15H20N2O3. The zero-order valence-corrected chi connectivity index (χ0v) is 12.0. The van der Waals surface area contributed by atoms with E-state index in [1.165, 1.54) is 0 Å². The Morgan fingerprint density at radius 1 is 1.35 bits per heavy atom. The maximum atomic E-state index is 11.9. The van der Waals surface area contributed by atoms with Crippen molar-refractivity contribution in [3.63, 3.8) is 0 Å². The number of nitrogens with one attached hydrogen (secondary N) is 2. The molecule has 0 bridgehead atoms. The largest absolute Gasteiger partial charge is 0.478 e. The van der Waals surface area contributed by atoms with Crippen LogP contribution in [-0.4, -0.2) is 24.5 Å². The summed E-state index contributed by atoms with van der Waals surface area (Å²) in [5, 5.41) is 5.62. The lowest BCUT2D eigenvalue weighted by atomic mass is 9.95. The van der Waals surface area contributed by atoms with Gasteiger partial charge in [0.2, 0.25) is 5.91 Å². The van der Waals surface area contributed by atoms with E-state index in [-0.39, 0.29) is 11.8 Å². The van der Waals surface area contributed by atoms with E-state index in [4.69, 9.17) is 4.74 Å². The number of amides is 2. The van der Waals surface area contributed by atoms with Crippen LogP contribution in [-0.2, 0) is 9.59 Å². The first kappa shape index (κ1) is 14.4. The highest BCUT2D eigenvalue weighted by Crippen LogP contribution is 2.29. The van der Waals surface area contributed by atoms with Gasteiger partial charge in [0.25, 0.3) is 5.91 Å². The number of ether oxygens (including phenoxy) is 1. The molecule has 0 fully saturated rings. The minimum Gasteiger partial charge on any atom is -0.478 e. The Bertz CT molecular complexity index is 520. The molecule has 1 atom stereocenters. The second-order valence-corrected chi connectivity index (χ2v) is 5.89. The van der Waals surface area contributed by atoms with Crippen molar-refractivity contribution < 1.29 is 14.3 Å². The molecule has 5 nitrogen and oxygen atoms in total. The number of rotatable bonds is 3. The first-order chi connectivity index (χ1) is 9.38. The Kier molecular flexibility index (Phi) is 3.97. The van der Waals surface area contributed by atoms with Gasteiger partial charge in [-0.3, -0.25) is 9.59 Å². The van der Waals surface area contributed by atoms with Crippen molar-refractivity contribution in [2.45, 2.75) is 33.3 Å². The van der Waals surface area contributed by atoms with Crippen LogP contribution in [0.1, 0.15) is 27.2 Å². The summed E-state index contributed by atoms with van der Waals surface area (Å²) in [5.74, 6) is 0.460. The zero-order valence-electron chi connectivity index (χ0n) is 12.0. The summed E-state index contributed by atoms with van der Waals surface area (Å²) in [7, 11) is 0. The molecule has 20 heavy (non-hydrogen) atoms. The summed E-state index contributed by atoms with van der Waals surface area (Å²) in [6.07, 6.45) is -0.118. The maximum Gasteiger partial charge on any atom is 0.265 e. The minimum absolute atomic E-state index is 0.0332. The van der Waals surface area contributed by atoms with Crippen molar-refractivity contribution >= 4 is 17.5 Å². The summed E-state index contributed by atoms with van der Waals surface area (Å²) < 4.78 is 5.65. The molecule has 1 aliphatic heterocycles. The predicted octanol–water partition coefficient (Wildman–Crippen LogP) is 1.94. The molecule has 0 aliphatic carbocycles. The monoisotopic (exact) mass is 276 g/mol. The van der Waals surface area contributed by atoms with Gasteiger partial charge in [-0.1, -0.05) is 32.9 Å². The fourth-order valence-electron chi connectivity index (χ4n) is 1.86. The van der Waals surface area contributed by atoms with Gasteiger partial charge in [-0.15, -0.1) is 0 Å². The lowest BCUT2D eigenvalue weighted by molar-refractivity contribution is -0.129. The minimum atomic E-state index is -0.565. The van der Waals surface area contributed by atoms with E-state index in [1.54, 1.807) is 6.07 Å². The topological polar surface area (TPSA) is 67.4 Å². The highest BCUT2D eigenvalue weighted by molar-refractivity contribution is 5.97. The van der Waals surface area contributed by atoms with Crippen molar-refractivity contribution in [3.05, 3.63) is 24.3 Å². The van der Waals surface area contributed by atoms with Crippen molar-refractivity contribution in [2.75, 3.05) is 11.9 Å². The Morgan fingerprint density at radius 2 is 2.05 bits per heavy atom. The molecule has 0 saturated heterocycles. The van der Waals surface area contributed by atoms with Gasteiger partial charge < -0.3 is 15.4 Å². The average Bonchev–Trinajstić information content (AvgIpc) is 2.38. The molecule has 1 unspecified atom stereocenters. The highest BCUT2D eigenvalue weighted by atomic mass is 16.5. The molecule has 0 radical (unpaired) electrons. The standard InChI is InChI=1S/C15H20N2O3/c1-15(2,3)14(19)16-9-8-12-13(18)17-10-6-4-5-7-11(10)20-12/h4-7,12H,8-9H2,1-3H3,(H,16,19)(H,17,18). The average molecular weight is 276 g/mol. The van der Waals surface area contributed by atoms with E-state index in [1.807, 2.05) is 39.0 Å². The first-order valence-electron chi connectivity index (χ1n) is 6.73. The molecule has 1 heterocycles. The lowest BCUT2D eigenvalue weighted by Gasteiger charge is -2.26. The molecule has 1 aromatic rings. The maximum absolute atomic E-state index is 11.9. The fourth-order valence-corrected chi connectivity index (χ4v) is 1.86. The summed E-state index contributed by atoms with van der Waals surface area (Å²) in [5.41, 5.74) is 0.259. The number of para-hydroxylation sites is 2. The Balaban J connectivity index is 1.89. The normalized spacial score (nSPS) is 17.8. The van der Waals surface area contributed by atoms with Crippen molar-refractivity contribution in [1.82, 2.24) is 5.32 Å². The van der Waals surface area contributed by atoms with Crippen LogP contribution in [0.25, 0.3) is 0 Å². The second-order valence-electron chi connectivity index (χ2n) is 5.89. The number of benzene rings is 1. The van der Waals surface area contributed by atoms with Gasteiger partial charge in [0.1, 0.15) is 5.75 Å². The molecule has 2 rings (SSSR count). The number of carbonyl (C=O) groups is 2. The quantitative estimate of drug-likeness (QED) is 0.886. The van der Waals surface area contributed by atoms with E-state index in [0.717, 1.165) is 0 Å². The molecule has 2 N–H and O–H groups in total. The zero-order chi connectivity index (χ0) is 14.8. The fraction of sp³-hybridized carbons (Fsp3) is 0.467. The highest BCUT2D eigenvalue weighted by Gasteiger charge is 2.27. The molecule has 2 amide bonds. The Hall–Kier alpha value is -2.04. The van der Waals surface area contributed by atoms with Crippen LogP contribution in [0.5, 0.6) is 5.75 Å². The van der Waals surface area contributed by atoms with Gasteiger partial charge in [0, 0.05) is 18.4 Å². The second kappa shape index (κ2) is 5.53. The molecule has 5 heteroatoms. The van der Waals surface area contributed by atoms with E-state index in [0.29, 0.717) is 24.4 Å². The van der Waals surface area contributed by atoms with Gasteiger partial charge in [0.05, 0.1) is 5.69 Å². The van der Waals surface area contributed by atoms with Crippen molar-refractivity contribution in [2.24, 2.45) is 5.41 Å². The number of carbonyl (C=O) groups excluding carboxylic acids is 2. The summed E-state index contributed by atoms with van der Waals surface area (Å²) in [4.78, 5) is 23.6. The SMILES string of the molecule is CC(C)(C)C(=O)NCCC1Oc2ccccc2NC1=O. The van der Waals surface area contributed by atoms with Crippen LogP contribution in [0.2, 0.25) is 0 Å². The van der Waals surface area contributed by atoms with E-state index < -0.39 is 11.5 Å². The Morgan fingerprint density at radius 3 is 2.75 bits per heavy atom. The van der Waals surface area contributed by atoms with E-state index in [9.17, 15) is 9.59 Å². The van der Waals surface area contributed by atoms with Crippen LogP contribution in [0, 0.1) is 5.41 Å². The summed E-state index contributed by atoms with van der Waals surface area (Å²) >= 11 is 0. The number of hydrogen-bond donors (Lipinski definition) is 2. The van der Waals surface area contributed by atoms with Gasteiger partial charge in [0.15, 0.2) is 6.10 Å². The first-order valence-corrected chi connectivity index (χ1v) is 6.73. The summed E-state index contributed by atoms with van der Waals surface area (Å²) in [6, 6.07) is 7.31. The van der Waals surface area contributed by atoms with Gasteiger partial charge in [-0.05, 0) is 12.1 Å². The van der Waals surface area contributed by atoms with Gasteiger partial charge in [-0.25, -0.2) is 0 Å². The smallest absolute Gasteiger partial charge is 0.265 e. The molecule has 1 aromatic carbocycles. The van der Waals surface area contributed by atoms with Crippen LogP contribution in [0.15, 0.2) is 24.3 Å².